The van der Waals surface area contributed by atoms with E-state index in [2.05, 4.69) is 43.7 Å². The molecule has 6 nitrogen and oxygen atoms in total. The first kappa shape index (κ1) is 12.0. The highest BCUT2D eigenvalue weighted by molar-refractivity contribution is 5.53. The van der Waals surface area contributed by atoms with E-state index >= 15 is 0 Å². The predicted octanol–water partition coefficient (Wildman–Crippen LogP) is 1.91. The zero-order valence-electron chi connectivity index (χ0n) is 11.1. The molecule has 6 heteroatoms. The van der Waals surface area contributed by atoms with Gasteiger partial charge in [-0.25, -0.2) is 4.98 Å². The average Bonchev–Trinajstić information content (AvgIpc) is 3.00. The van der Waals surface area contributed by atoms with E-state index in [1.807, 2.05) is 19.1 Å². The lowest BCUT2D eigenvalue weighted by Crippen LogP contribution is -2.22. The number of nitrogens with one attached hydrogen (secondary N) is 2. The molecule has 1 atom stereocenters. The fourth-order valence-electron chi connectivity index (χ4n) is 2.19. The van der Waals surface area contributed by atoms with E-state index < -0.39 is 0 Å². The Morgan fingerprint density at radius 3 is 2.95 bits per heavy atom. The number of hydrogen-bond acceptors (Lipinski definition) is 5. The molecule has 1 aliphatic heterocycles. The highest BCUT2D eigenvalue weighted by Crippen LogP contribution is 2.22. The molecule has 0 saturated carbocycles. The Hall–Kier alpha value is -2.11. The van der Waals surface area contributed by atoms with Gasteiger partial charge < -0.3 is 10.2 Å². The van der Waals surface area contributed by atoms with Gasteiger partial charge in [0.15, 0.2) is 5.82 Å². The molecule has 1 aliphatic rings. The lowest BCUT2D eigenvalue weighted by molar-refractivity contribution is 0.743. The van der Waals surface area contributed by atoms with Crippen LogP contribution in [0.2, 0.25) is 0 Å². The fraction of sp³-hybridized carbons (Fsp3) is 0.385. The molecule has 0 amide bonds. The molecule has 0 aromatic carbocycles. The molecular formula is C13H17N6. The van der Waals surface area contributed by atoms with Crippen molar-refractivity contribution in [2.24, 2.45) is 5.92 Å². The first-order valence-corrected chi connectivity index (χ1v) is 6.41. The van der Waals surface area contributed by atoms with Crippen LogP contribution in [-0.2, 0) is 0 Å². The maximum atomic E-state index is 4.55. The molecule has 0 bridgehead atoms. The molecule has 1 saturated heterocycles. The van der Waals surface area contributed by atoms with E-state index in [0.717, 1.165) is 36.4 Å². The molecule has 3 heterocycles. The van der Waals surface area contributed by atoms with Gasteiger partial charge in [-0.3, -0.25) is 5.10 Å². The summed E-state index contributed by atoms with van der Waals surface area (Å²) < 4.78 is 0. The van der Waals surface area contributed by atoms with Gasteiger partial charge >= 0.3 is 0 Å². The zero-order valence-corrected chi connectivity index (χ0v) is 11.1. The largest absolute Gasteiger partial charge is 0.340 e. The first-order valence-electron chi connectivity index (χ1n) is 6.41. The fourth-order valence-corrected chi connectivity index (χ4v) is 2.19. The number of nitrogens with zero attached hydrogens (tertiary/aromatic N) is 4. The van der Waals surface area contributed by atoms with Crippen LogP contribution in [0.4, 0.5) is 17.6 Å². The van der Waals surface area contributed by atoms with E-state index in [9.17, 15) is 0 Å². The smallest absolute Gasteiger partial charge is 0.227 e. The van der Waals surface area contributed by atoms with Gasteiger partial charge in [0.25, 0.3) is 0 Å². The van der Waals surface area contributed by atoms with Crippen LogP contribution in [-0.4, -0.2) is 33.3 Å². The summed E-state index contributed by atoms with van der Waals surface area (Å²) in [7, 11) is 0. The molecule has 0 spiro atoms. The molecule has 19 heavy (non-hydrogen) atoms. The third-order valence-corrected chi connectivity index (χ3v) is 3.12. The van der Waals surface area contributed by atoms with Crippen molar-refractivity contribution in [2.75, 3.05) is 23.3 Å². The second-order valence-corrected chi connectivity index (χ2v) is 4.90. The number of H-pyrrole nitrogens is 1. The van der Waals surface area contributed by atoms with Gasteiger partial charge in [0.1, 0.15) is 5.82 Å². The average molecular weight is 257 g/mol. The van der Waals surface area contributed by atoms with Crippen molar-refractivity contribution in [1.82, 2.24) is 20.2 Å². The Labute approximate surface area is 112 Å². The molecule has 2 N–H and O–H groups in total. The molecule has 2 aromatic heterocycles. The highest BCUT2D eigenvalue weighted by Gasteiger charge is 2.21. The summed E-state index contributed by atoms with van der Waals surface area (Å²) in [6.45, 7) is 6.07. The summed E-state index contributed by atoms with van der Waals surface area (Å²) in [6.07, 6.45) is 4.06. The minimum absolute atomic E-state index is 0.590. The van der Waals surface area contributed by atoms with Gasteiger partial charge in [-0.2, -0.15) is 10.1 Å². The number of hydrogen-bond donors (Lipinski definition) is 2. The molecule has 2 aromatic rings. The molecule has 1 fully saturated rings. The third kappa shape index (κ3) is 2.67. The molecular weight excluding hydrogens is 240 g/mol. The van der Waals surface area contributed by atoms with Crippen molar-refractivity contribution >= 4 is 17.6 Å². The highest BCUT2D eigenvalue weighted by atomic mass is 15.3. The second kappa shape index (κ2) is 4.87. The third-order valence-electron chi connectivity index (χ3n) is 3.12. The zero-order chi connectivity index (χ0) is 13.2. The van der Waals surface area contributed by atoms with Crippen LogP contribution in [0.5, 0.6) is 0 Å². The van der Waals surface area contributed by atoms with Gasteiger partial charge in [0.05, 0.1) is 0 Å². The Balaban J connectivity index is 1.83. The molecule has 1 radical (unpaired) electrons. The van der Waals surface area contributed by atoms with Crippen molar-refractivity contribution in [3.63, 3.8) is 0 Å². The maximum absolute atomic E-state index is 4.55. The quantitative estimate of drug-likeness (QED) is 0.879. The number of aromatic amines is 1. The van der Waals surface area contributed by atoms with Crippen LogP contribution in [0.1, 0.15) is 12.6 Å². The van der Waals surface area contributed by atoms with Crippen molar-refractivity contribution in [2.45, 2.75) is 13.8 Å². The lowest BCUT2D eigenvalue weighted by Gasteiger charge is -2.17. The number of anilines is 3. The number of rotatable bonds is 3. The van der Waals surface area contributed by atoms with Gasteiger partial charge in [-0.05, 0) is 19.3 Å². The van der Waals surface area contributed by atoms with Gasteiger partial charge in [-0.15, -0.1) is 0 Å². The van der Waals surface area contributed by atoms with Crippen molar-refractivity contribution in [1.29, 1.82) is 0 Å². The van der Waals surface area contributed by atoms with E-state index in [4.69, 9.17) is 0 Å². The van der Waals surface area contributed by atoms with Crippen LogP contribution in [0.25, 0.3) is 0 Å². The normalized spacial score (nSPS) is 18.8. The van der Waals surface area contributed by atoms with Crippen LogP contribution < -0.4 is 10.2 Å². The Morgan fingerprint density at radius 2 is 2.26 bits per heavy atom. The predicted molar refractivity (Wildman–Crippen MR) is 74.3 cm³/mol. The molecule has 3 rings (SSSR count). The standard InChI is InChI=1S/C13H17N6/c1-9-4-6-19(8-9)13-15-10(2)7-12(17-13)16-11-3-5-14-18-11/h3-5,7,9H,6,8H2,1-2H3,(H2,14,15,16,17,18)/t9-/m1/s1. The summed E-state index contributed by atoms with van der Waals surface area (Å²) in [6, 6.07) is 3.78. The van der Waals surface area contributed by atoms with Crippen molar-refractivity contribution in [3.05, 3.63) is 30.4 Å². The van der Waals surface area contributed by atoms with Crippen LogP contribution in [0.15, 0.2) is 18.3 Å². The van der Waals surface area contributed by atoms with E-state index in [-0.39, 0.29) is 0 Å². The molecule has 0 aliphatic carbocycles. The molecule has 99 valence electrons. The SMILES string of the molecule is Cc1cc(Nc2cc[nH]n2)nc(N2C[CH][C@@H](C)C2)n1. The second-order valence-electron chi connectivity index (χ2n) is 4.90. The Morgan fingerprint density at radius 1 is 1.37 bits per heavy atom. The van der Waals surface area contributed by atoms with Crippen molar-refractivity contribution < 1.29 is 0 Å². The Kier molecular flexibility index (Phi) is 3.06. The first-order chi connectivity index (χ1) is 9.20. The number of aromatic nitrogens is 4. The van der Waals surface area contributed by atoms with E-state index in [0.29, 0.717) is 5.92 Å². The Bertz CT molecular complexity index is 550. The van der Waals surface area contributed by atoms with E-state index in [1.165, 1.54) is 0 Å². The maximum Gasteiger partial charge on any atom is 0.227 e. The summed E-state index contributed by atoms with van der Waals surface area (Å²) in [5.74, 6) is 2.89. The minimum atomic E-state index is 0.590. The van der Waals surface area contributed by atoms with E-state index in [1.54, 1.807) is 6.20 Å². The van der Waals surface area contributed by atoms with Gasteiger partial charge in [0.2, 0.25) is 5.95 Å². The van der Waals surface area contributed by atoms with Crippen LogP contribution in [0.3, 0.4) is 0 Å². The van der Waals surface area contributed by atoms with Gasteiger partial charge in [-0.1, -0.05) is 6.92 Å². The summed E-state index contributed by atoms with van der Waals surface area (Å²) in [4.78, 5) is 11.2. The minimum Gasteiger partial charge on any atom is -0.340 e. The van der Waals surface area contributed by atoms with Crippen LogP contribution in [0, 0.1) is 19.3 Å². The summed E-state index contributed by atoms with van der Waals surface area (Å²) in [5, 5.41) is 10.0. The topological polar surface area (TPSA) is 69.7 Å². The molecule has 0 unspecified atom stereocenters. The lowest BCUT2D eigenvalue weighted by atomic mass is 10.2. The van der Waals surface area contributed by atoms with Gasteiger partial charge in [0, 0.05) is 37.1 Å². The van der Waals surface area contributed by atoms with Crippen molar-refractivity contribution in [3.8, 4) is 0 Å². The van der Waals surface area contributed by atoms with Crippen LogP contribution >= 0.6 is 0 Å². The summed E-state index contributed by atoms with van der Waals surface area (Å²) in [5.41, 5.74) is 0.947. The summed E-state index contributed by atoms with van der Waals surface area (Å²) >= 11 is 0. The number of aryl methyl sites for hydroxylation is 1. The monoisotopic (exact) mass is 257 g/mol.